The van der Waals surface area contributed by atoms with E-state index in [1.54, 1.807) is 12.1 Å². The SMILES string of the molecule is O=c1c(=O)c2ccccc2c1=O.[Cd]. The molecule has 0 aliphatic rings. The zero-order valence-electron chi connectivity index (χ0n) is 6.74. The minimum atomic E-state index is -0.920. The van der Waals surface area contributed by atoms with Gasteiger partial charge in [0.15, 0.2) is 0 Å². The van der Waals surface area contributed by atoms with Gasteiger partial charge < -0.3 is 0 Å². The summed E-state index contributed by atoms with van der Waals surface area (Å²) < 4.78 is 0. The van der Waals surface area contributed by atoms with Gasteiger partial charge in [-0.05, 0) is 0 Å². The molecule has 2 rings (SSSR count). The van der Waals surface area contributed by atoms with Crippen molar-refractivity contribution in [3.05, 3.63) is 54.9 Å². The Morgan fingerprint density at radius 1 is 0.692 bits per heavy atom. The molecule has 0 bridgehead atoms. The first kappa shape index (κ1) is 10.2. The summed E-state index contributed by atoms with van der Waals surface area (Å²) in [6.45, 7) is 0. The molecule has 0 heterocycles. The van der Waals surface area contributed by atoms with E-state index in [2.05, 4.69) is 0 Å². The molecule has 0 unspecified atom stereocenters. The van der Waals surface area contributed by atoms with Crippen LogP contribution in [0.5, 0.6) is 0 Å². The van der Waals surface area contributed by atoms with E-state index >= 15 is 0 Å². The van der Waals surface area contributed by atoms with E-state index in [9.17, 15) is 14.4 Å². The van der Waals surface area contributed by atoms with Crippen molar-refractivity contribution >= 4 is 10.8 Å². The maximum atomic E-state index is 11.0. The Balaban J connectivity index is 0.000000845. The second-order valence-corrected chi connectivity index (χ2v) is 2.53. The molecule has 0 saturated carbocycles. The van der Waals surface area contributed by atoms with Gasteiger partial charge in [-0.1, -0.05) is 24.3 Å². The van der Waals surface area contributed by atoms with Crippen LogP contribution in [0, 0.1) is 0 Å². The van der Waals surface area contributed by atoms with Gasteiger partial charge >= 0.3 is 0 Å². The van der Waals surface area contributed by atoms with E-state index in [1.807, 2.05) is 0 Å². The van der Waals surface area contributed by atoms with Crippen molar-refractivity contribution in [1.29, 1.82) is 0 Å². The topological polar surface area (TPSA) is 51.2 Å². The van der Waals surface area contributed by atoms with E-state index in [0.29, 0.717) is 0 Å². The fraction of sp³-hybridized carbons (Fsp3) is 0. The van der Waals surface area contributed by atoms with E-state index in [-0.39, 0.29) is 38.1 Å². The molecular weight excluding hydrogens is 269 g/mol. The molecule has 2 aromatic carbocycles. The average molecular weight is 273 g/mol. The van der Waals surface area contributed by atoms with Gasteiger partial charge in [0.1, 0.15) is 0 Å². The van der Waals surface area contributed by atoms with E-state index in [0.717, 1.165) is 0 Å². The molecule has 3 nitrogen and oxygen atoms in total. The molecule has 2 aromatic rings. The Morgan fingerprint density at radius 3 is 1.46 bits per heavy atom. The van der Waals surface area contributed by atoms with Crippen LogP contribution in [0.1, 0.15) is 0 Å². The van der Waals surface area contributed by atoms with Gasteiger partial charge in [0.05, 0.1) is 0 Å². The summed E-state index contributed by atoms with van der Waals surface area (Å²) in [4.78, 5) is 32.9. The predicted octanol–water partition coefficient (Wildman–Crippen LogP) is -0.207. The Kier molecular flexibility index (Phi) is 2.75. The summed E-state index contributed by atoms with van der Waals surface area (Å²) in [5, 5.41) is 0.458. The normalized spacial score (nSPS) is 9.85. The van der Waals surface area contributed by atoms with Crippen LogP contribution < -0.4 is 16.3 Å². The van der Waals surface area contributed by atoms with Gasteiger partial charge in [0, 0.05) is 38.1 Å². The molecule has 0 amide bonds. The van der Waals surface area contributed by atoms with Crippen molar-refractivity contribution in [3.63, 3.8) is 0 Å². The summed E-state index contributed by atoms with van der Waals surface area (Å²) in [7, 11) is 0. The summed E-state index contributed by atoms with van der Waals surface area (Å²) in [5.41, 5.74) is -2.29. The second kappa shape index (κ2) is 3.49. The second-order valence-electron chi connectivity index (χ2n) is 2.53. The third-order valence-corrected chi connectivity index (χ3v) is 1.83. The standard InChI is InChI=1S/C9H4O3.Cd/c10-7-5-3-1-2-4-6(5)8(11)9(7)12;/h1-4H;. The van der Waals surface area contributed by atoms with Crippen LogP contribution in [0.4, 0.5) is 0 Å². The number of hydrogen-bond donors (Lipinski definition) is 0. The maximum Gasteiger partial charge on any atom is 0.273 e. The first-order valence-corrected chi connectivity index (χ1v) is 3.44. The number of hydrogen-bond acceptors (Lipinski definition) is 3. The van der Waals surface area contributed by atoms with Crippen molar-refractivity contribution < 1.29 is 27.3 Å². The molecule has 4 heteroatoms. The van der Waals surface area contributed by atoms with E-state index in [4.69, 9.17) is 0 Å². The predicted molar refractivity (Wildman–Crippen MR) is 45.1 cm³/mol. The number of rotatable bonds is 0. The Hall–Kier alpha value is -0.848. The van der Waals surface area contributed by atoms with Crippen molar-refractivity contribution in [1.82, 2.24) is 0 Å². The Bertz CT molecular complexity index is 529. The summed E-state index contributed by atoms with van der Waals surface area (Å²) in [6.07, 6.45) is 0. The fourth-order valence-corrected chi connectivity index (χ4v) is 1.23. The quantitative estimate of drug-likeness (QED) is 0.493. The average Bonchev–Trinajstić information content (AvgIpc) is 2.33. The largest absolute Gasteiger partial charge is 0.285 e. The van der Waals surface area contributed by atoms with Gasteiger partial charge in [0.2, 0.25) is 10.9 Å². The van der Waals surface area contributed by atoms with Crippen molar-refractivity contribution in [3.8, 4) is 0 Å². The molecule has 0 aliphatic carbocycles. The van der Waals surface area contributed by atoms with Gasteiger partial charge in [-0.3, -0.25) is 14.4 Å². The summed E-state index contributed by atoms with van der Waals surface area (Å²) in [6, 6.07) is 6.23. The van der Waals surface area contributed by atoms with Crippen LogP contribution in [0.2, 0.25) is 0 Å². The third kappa shape index (κ3) is 1.37. The molecule has 60 valence electrons. The molecule has 0 N–H and O–H groups in total. The van der Waals surface area contributed by atoms with Crippen LogP contribution in [0.3, 0.4) is 0 Å². The monoisotopic (exact) mass is 274 g/mol. The van der Waals surface area contributed by atoms with Crippen molar-refractivity contribution in [2.24, 2.45) is 0 Å². The van der Waals surface area contributed by atoms with Crippen LogP contribution >= 0.6 is 0 Å². The number of benzene rings is 1. The van der Waals surface area contributed by atoms with Crippen LogP contribution in [0.15, 0.2) is 38.6 Å². The molecule has 0 saturated heterocycles. The molecule has 0 fully saturated rings. The Morgan fingerprint density at radius 2 is 1.08 bits per heavy atom. The first-order valence-electron chi connectivity index (χ1n) is 3.44. The molecule has 0 aliphatic heterocycles. The molecular formula is C9H4CdO3. The van der Waals surface area contributed by atoms with Gasteiger partial charge in [-0.25, -0.2) is 0 Å². The van der Waals surface area contributed by atoms with Crippen LogP contribution in [-0.2, 0) is 27.3 Å². The van der Waals surface area contributed by atoms with Gasteiger partial charge in [-0.15, -0.1) is 0 Å². The third-order valence-electron chi connectivity index (χ3n) is 1.83. The summed E-state index contributed by atoms with van der Waals surface area (Å²) in [5.74, 6) is 0. The zero-order valence-corrected chi connectivity index (χ0v) is 10.8. The van der Waals surface area contributed by atoms with Gasteiger partial charge in [0.25, 0.3) is 5.43 Å². The summed E-state index contributed by atoms with van der Waals surface area (Å²) >= 11 is 0. The molecule has 0 atom stereocenters. The molecule has 0 aromatic heterocycles. The maximum absolute atomic E-state index is 11.0. The van der Waals surface area contributed by atoms with E-state index in [1.165, 1.54) is 12.1 Å². The van der Waals surface area contributed by atoms with Crippen LogP contribution in [-0.4, -0.2) is 0 Å². The minimum Gasteiger partial charge on any atom is -0.285 e. The van der Waals surface area contributed by atoms with Crippen molar-refractivity contribution in [2.75, 3.05) is 0 Å². The molecule has 0 spiro atoms. The Labute approximate surface area is 92.9 Å². The molecule has 0 radical (unpaired) electrons. The smallest absolute Gasteiger partial charge is 0.273 e. The zero-order chi connectivity index (χ0) is 8.72. The fourth-order valence-electron chi connectivity index (χ4n) is 1.23. The minimum absolute atomic E-state index is 0. The molecule has 13 heavy (non-hydrogen) atoms. The van der Waals surface area contributed by atoms with Crippen molar-refractivity contribution in [2.45, 2.75) is 0 Å². The van der Waals surface area contributed by atoms with Crippen LogP contribution in [0.25, 0.3) is 10.8 Å². The first-order chi connectivity index (χ1) is 5.72. The number of fused-ring (bicyclic) bond motifs is 1. The van der Waals surface area contributed by atoms with E-state index < -0.39 is 16.3 Å². The van der Waals surface area contributed by atoms with Gasteiger partial charge in [-0.2, -0.15) is 0 Å².